The second kappa shape index (κ2) is 10.6. The van der Waals surface area contributed by atoms with Crippen molar-refractivity contribution in [1.29, 1.82) is 0 Å². The molecule has 2 unspecified atom stereocenters. The van der Waals surface area contributed by atoms with E-state index in [1.54, 1.807) is 26.2 Å². The topological polar surface area (TPSA) is 85.3 Å². The lowest BCUT2D eigenvalue weighted by atomic mass is 9.90. The lowest BCUT2D eigenvalue weighted by Crippen LogP contribution is -2.27. The van der Waals surface area contributed by atoms with Gasteiger partial charge in [0.05, 0.1) is 13.0 Å². The van der Waals surface area contributed by atoms with E-state index >= 15 is 4.39 Å². The number of likely N-dealkylation sites (N-methyl/N-ethyl adjacent to an activating group) is 1. The summed E-state index contributed by atoms with van der Waals surface area (Å²) in [6.07, 6.45) is 0.866. The number of hydrogen-bond acceptors (Lipinski definition) is 5. The van der Waals surface area contributed by atoms with Crippen LogP contribution in [-0.2, 0) is 16.0 Å². The quantitative estimate of drug-likeness (QED) is 0.406. The van der Waals surface area contributed by atoms with Crippen LogP contribution in [0.5, 0.6) is 17.2 Å². The van der Waals surface area contributed by atoms with Crippen molar-refractivity contribution in [3.63, 3.8) is 0 Å². The van der Waals surface area contributed by atoms with E-state index in [1.807, 2.05) is 38.1 Å². The average molecular weight is 534 g/mol. The molecule has 204 valence electrons. The van der Waals surface area contributed by atoms with Crippen molar-refractivity contribution in [2.24, 2.45) is 0 Å². The summed E-state index contributed by atoms with van der Waals surface area (Å²) >= 11 is 0. The predicted octanol–water partition coefficient (Wildman–Crippen LogP) is 5.59. The van der Waals surface area contributed by atoms with E-state index in [4.69, 9.17) is 19.3 Å². The average Bonchev–Trinajstić information content (AvgIpc) is 3.47. The number of amides is 1. The molecule has 3 aromatic carbocycles. The first kappa shape index (κ1) is 26.5. The number of fused-ring (bicyclic) bond motifs is 2. The van der Waals surface area contributed by atoms with Gasteiger partial charge in [-0.05, 0) is 78.8 Å². The van der Waals surface area contributed by atoms with Crippen molar-refractivity contribution in [1.82, 2.24) is 4.90 Å². The number of aliphatic carboxylic acids is 1. The van der Waals surface area contributed by atoms with Gasteiger partial charge in [-0.25, -0.2) is 4.39 Å². The summed E-state index contributed by atoms with van der Waals surface area (Å²) in [6.45, 7) is 4.27. The number of halogens is 1. The van der Waals surface area contributed by atoms with Gasteiger partial charge in [-0.3, -0.25) is 9.59 Å². The highest BCUT2D eigenvalue weighted by Crippen LogP contribution is 2.45. The molecule has 0 saturated heterocycles. The van der Waals surface area contributed by atoms with Crippen LogP contribution < -0.4 is 14.2 Å². The highest BCUT2D eigenvalue weighted by molar-refractivity contribution is 5.78. The number of nitrogens with zero attached hydrogens (tertiary/aromatic N) is 1. The minimum Gasteiger partial charge on any atom is -0.492 e. The van der Waals surface area contributed by atoms with Crippen LogP contribution >= 0.6 is 0 Å². The van der Waals surface area contributed by atoms with Gasteiger partial charge >= 0.3 is 5.97 Å². The second-order valence-corrected chi connectivity index (χ2v) is 10.4. The van der Waals surface area contributed by atoms with Crippen molar-refractivity contribution in [3.05, 3.63) is 76.1 Å². The number of ether oxygens (including phenoxy) is 3. The molecule has 39 heavy (non-hydrogen) atoms. The highest BCUT2D eigenvalue weighted by Gasteiger charge is 2.32. The molecular formula is C31H32FNO6. The molecule has 1 aliphatic heterocycles. The van der Waals surface area contributed by atoms with Crippen LogP contribution in [0.3, 0.4) is 0 Å². The van der Waals surface area contributed by atoms with Crippen molar-refractivity contribution in [2.75, 3.05) is 27.3 Å². The molecule has 0 radical (unpaired) electrons. The van der Waals surface area contributed by atoms with Gasteiger partial charge in [0, 0.05) is 37.2 Å². The summed E-state index contributed by atoms with van der Waals surface area (Å²) in [5.74, 6) is 0.335. The molecule has 3 aromatic rings. The monoisotopic (exact) mass is 533 g/mol. The maximum Gasteiger partial charge on any atom is 0.304 e. The Hall–Kier alpha value is -4.07. The zero-order valence-corrected chi connectivity index (χ0v) is 22.5. The van der Waals surface area contributed by atoms with Crippen LogP contribution in [0.15, 0.2) is 42.5 Å². The largest absolute Gasteiger partial charge is 0.492 e. The van der Waals surface area contributed by atoms with Crippen LogP contribution in [0.25, 0.3) is 11.1 Å². The molecule has 8 heteroatoms. The number of rotatable bonds is 8. The van der Waals surface area contributed by atoms with E-state index in [0.29, 0.717) is 42.3 Å². The number of carboxylic acids is 1. The molecule has 0 fully saturated rings. The molecule has 2 atom stereocenters. The minimum atomic E-state index is -0.863. The molecule has 0 bridgehead atoms. The Morgan fingerprint density at radius 1 is 1.08 bits per heavy atom. The number of carbonyl (C=O) groups is 2. The van der Waals surface area contributed by atoms with E-state index in [-0.39, 0.29) is 30.7 Å². The van der Waals surface area contributed by atoms with Gasteiger partial charge in [-0.15, -0.1) is 0 Å². The van der Waals surface area contributed by atoms with Gasteiger partial charge in [0.2, 0.25) is 0 Å². The second-order valence-electron chi connectivity index (χ2n) is 10.4. The van der Waals surface area contributed by atoms with Crippen LogP contribution in [0, 0.1) is 19.7 Å². The fourth-order valence-electron chi connectivity index (χ4n) is 5.61. The summed E-state index contributed by atoms with van der Waals surface area (Å²) in [4.78, 5) is 24.6. The van der Waals surface area contributed by atoms with E-state index in [0.717, 1.165) is 33.4 Å². The summed E-state index contributed by atoms with van der Waals surface area (Å²) in [5, 5.41) is 9.14. The van der Waals surface area contributed by atoms with E-state index in [9.17, 15) is 9.59 Å². The fraction of sp³-hybridized carbons (Fsp3) is 0.355. The van der Waals surface area contributed by atoms with Gasteiger partial charge in [0.1, 0.15) is 29.2 Å². The molecule has 5 rings (SSSR count). The third-order valence-corrected chi connectivity index (χ3v) is 7.48. The van der Waals surface area contributed by atoms with E-state index in [2.05, 4.69) is 0 Å². The summed E-state index contributed by atoms with van der Waals surface area (Å²) in [5.41, 5.74) is 6.30. The molecular weight excluding hydrogens is 501 g/mol. The lowest BCUT2D eigenvalue weighted by Gasteiger charge is -2.19. The summed E-state index contributed by atoms with van der Waals surface area (Å²) in [7, 11) is 3.38. The molecule has 1 aliphatic carbocycles. The highest BCUT2D eigenvalue weighted by atomic mass is 19.1. The molecule has 1 N–H and O–H groups in total. The van der Waals surface area contributed by atoms with Crippen LogP contribution in [0.4, 0.5) is 4.39 Å². The molecule has 0 saturated carbocycles. The Morgan fingerprint density at radius 2 is 1.82 bits per heavy atom. The van der Waals surface area contributed by atoms with Crippen molar-refractivity contribution >= 4 is 11.9 Å². The lowest BCUT2D eigenvalue weighted by molar-refractivity contribution is -0.137. The predicted molar refractivity (Wildman–Crippen MR) is 144 cm³/mol. The van der Waals surface area contributed by atoms with Crippen molar-refractivity contribution in [3.8, 4) is 28.4 Å². The Bertz CT molecular complexity index is 1430. The van der Waals surface area contributed by atoms with Crippen LogP contribution in [-0.4, -0.2) is 49.2 Å². The standard InChI is InChI=1S/C31H32FNO6/c1-17-11-21(37-16-28(34)33(3)4)12-18(2)30(17)23-7-9-25(32)31-24(23)8-10-26(31)39-20-5-6-22-19(13-29(35)36)15-38-27(22)14-20/h5-7,9,11-12,14,19,26H,8,10,13,15-16H2,1-4H3,(H,35,36). The Kier molecular flexibility index (Phi) is 7.21. The van der Waals surface area contributed by atoms with Gasteiger partial charge in [0.25, 0.3) is 5.91 Å². The summed E-state index contributed by atoms with van der Waals surface area (Å²) in [6, 6.07) is 12.6. The maximum absolute atomic E-state index is 15.2. The molecule has 1 heterocycles. The number of hydrogen-bond donors (Lipinski definition) is 1. The van der Waals surface area contributed by atoms with Gasteiger partial charge in [-0.1, -0.05) is 12.1 Å². The molecule has 0 spiro atoms. The first-order chi connectivity index (χ1) is 18.6. The van der Waals surface area contributed by atoms with Gasteiger partial charge in [-0.2, -0.15) is 0 Å². The molecule has 1 amide bonds. The minimum absolute atomic E-state index is 0.0112. The normalized spacial score (nSPS) is 17.3. The Morgan fingerprint density at radius 3 is 2.51 bits per heavy atom. The fourth-order valence-corrected chi connectivity index (χ4v) is 5.61. The van der Waals surface area contributed by atoms with Crippen LogP contribution in [0.2, 0.25) is 0 Å². The van der Waals surface area contributed by atoms with E-state index in [1.165, 1.54) is 11.0 Å². The summed E-state index contributed by atoms with van der Waals surface area (Å²) < 4.78 is 32.9. The Labute approximate surface area is 227 Å². The zero-order chi connectivity index (χ0) is 27.8. The Balaban J connectivity index is 1.40. The number of benzene rings is 3. The molecule has 2 aliphatic rings. The first-order valence-electron chi connectivity index (χ1n) is 13.0. The van der Waals surface area contributed by atoms with E-state index < -0.39 is 12.1 Å². The van der Waals surface area contributed by atoms with Crippen molar-refractivity contribution in [2.45, 2.75) is 45.1 Å². The first-order valence-corrected chi connectivity index (χ1v) is 13.0. The maximum atomic E-state index is 15.2. The van der Waals surface area contributed by atoms with Gasteiger partial charge < -0.3 is 24.2 Å². The smallest absolute Gasteiger partial charge is 0.304 e. The van der Waals surface area contributed by atoms with Crippen LogP contribution in [0.1, 0.15) is 52.7 Å². The molecule has 7 nitrogen and oxygen atoms in total. The molecule has 0 aromatic heterocycles. The van der Waals surface area contributed by atoms with Gasteiger partial charge in [0.15, 0.2) is 6.61 Å². The number of carbonyl (C=O) groups excluding carboxylic acids is 1. The third-order valence-electron chi connectivity index (χ3n) is 7.48. The zero-order valence-electron chi connectivity index (χ0n) is 22.5. The number of carboxylic acid groups (broad SMARTS) is 1. The SMILES string of the molecule is Cc1cc(OCC(=O)N(C)C)cc(C)c1-c1ccc(F)c2c1CCC2Oc1ccc2c(c1)OCC2CC(=O)O. The third kappa shape index (κ3) is 5.28. The van der Waals surface area contributed by atoms with Crippen molar-refractivity contribution < 1.29 is 33.3 Å². The number of aryl methyl sites for hydroxylation is 2.